The summed E-state index contributed by atoms with van der Waals surface area (Å²) in [6.07, 6.45) is -1.90. The summed E-state index contributed by atoms with van der Waals surface area (Å²) < 4.78 is 37.5. The number of aromatic nitrogens is 1. The largest absolute Gasteiger partial charge is 0.416 e. The SMILES string of the molecule is CNC(Cc1nccs1)c1ccc(C(F)(F)F)cc1. The Kier molecular flexibility index (Phi) is 4.21. The predicted octanol–water partition coefficient (Wildman–Crippen LogP) is 3.67. The average Bonchev–Trinajstić information content (AvgIpc) is 2.88. The van der Waals surface area contributed by atoms with E-state index < -0.39 is 11.7 Å². The van der Waals surface area contributed by atoms with Gasteiger partial charge in [0.2, 0.25) is 0 Å². The predicted molar refractivity (Wildman–Crippen MR) is 69.1 cm³/mol. The number of likely N-dealkylation sites (N-methyl/N-ethyl adjacent to an activating group) is 1. The van der Waals surface area contributed by atoms with E-state index in [-0.39, 0.29) is 6.04 Å². The standard InChI is InChI=1S/C13H13F3N2S/c1-17-11(8-12-18-6-7-19-12)9-2-4-10(5-3-9)13(14,15)16/h2-7,11,17H,8H2,1H3. The Labute approximate surface area is 113 Å². The van der Waals surface area contributed by atoms with Crippen LogP contribution < -0.4 is 5.32 Å². The first kappa shape index (κ1) is 14.0. The van der Waals surface area contributed by atoms with E-state index in [2.05, 4.69) is 10.3 Å². The van der Waals surface area contributed by atoms with Crippen molar-refractivity contribution in [3.05, 3.63) is 52.0 Å². The van der Waals surface area contributed by atoms with Crippen molar-refractivity contribution in [3.63, 3.8) is 0 Å². The van der Waals surface area contributed by atoms with E-state index in [9.17, 15) is 13.2 Å². The number of halogens is 3. The van der Waals surface area contributed by atoms with Crippen molar-refractivity contribution >= 4 is 11.3 Å². The van der Waals surface area contributed by atoms with Crippen LogP contribution in [0.15, 0.2) is 35.8 Å². The lowest BCUT2D eigenvalue weighted by Gasteiger charge is -2.16. The van der Waals surface area contributed by atoms with Crippen LogP contribution in [0.25, 0.3) is 0 Å². The molecule has 0 radical (unpaired) electrons. The van der Waals surface area contributed by atoms with Crippen LogP contribution in [-0.2, 0) is 12.6 Å². The summed E-state index contributed by atoms with van der Waals surface area (Å²) >= 11 is 1.54. The van der Waals surface area contributed by atoms with Gasteiger partial charge in [-0.15, -0.1) is 11.3 Å². The smallest absolute Gasteiger partial charge is 0.313 e. The number of hydrogen-bond donors (Lipinski definition) is 1. The van der Waals surface area contributed by atoms with Gasteiger partial charge in [-0.1, -0.05) is 12.1 Å². The van der Waals surface area contributed by atoms with E-state index in [1.54, 1.807) is 13.2 Å². The molecule has 6 heteroatoms. The second-order valence-corrected chi connectivity index (χ2v) is 5.07. The minimum atomic E-state index is -4.29. The van der Waals surface area contributed by atoms with Gasteiger partial charge in [-0.3, -0.25) is 0 Å². The summed E-state index contributed by atoms with van der Waals surface area (Å²) in [4.78, 5) is 4.18. The molecule has 2 aromatic rings. The monoisotopic (exact) mass is 286 g/mol. The summed E-state index contributed by atoms with van der Waals surface area (Å²) in [6.45, 7) is 0. The van der Waals surface area contributed by atoms with Crippen molar-refractivity contribution < 1.29 is 13.2 Å². The van der Waals surface area contributed by atoms with Crippen molar-refractivity contribution in [2.75, 3.05) is 7.05 Å². The molecule has 1 heterocycles. The van der Waals surface area contributed by atoms with Gasteiger partial charge < -0.3 is 5.32 Å². The van der Waals surface area contributed by atoms with Crippen LogP contribution in [0.1, 0.15) is 22.2 Å². The minimum Gasteiger partial charge on any atom is -0.313 e. The molecule has 1 unspecified atom stereocenters. The highest BCUT2D eigenvalue weighted by Crippen LogP contribution is 2.30. The molecule has 0 saturated carbocycles. The lowest BCUT2D eigenvalue weighted by molar-refractivity contribution is -0.137. The second-order valence-electron chi connectivity index (χ2n) is 4.09. The molecule has 0 aliphatic carbocycles. The van der Waals surface area contributed by atoms with Gasteiger partial charge in [0.15, 0.2) is 0 Å². The average molecular weight is 286 g/mol. The number of rotatable bonds is 4. The zero-order chi connectivity index (χ0) is 13.9. The normalized spacial score (nSPS) is 13.5. The Hall–Kier alpha value is -1.40. The fourth-order valence-corrected chi connectivity index (χ4v) is 2.48. The van der Waals surface area contributed by atoms with Gasteiger partial charge in [-0.25, -0.2) is 4.98 Å². The van der Waals surface area contributed by atoms with Crippen molar-refractivity contribution in [2.24, 2.45) is 0 Å². The number of nitrogens with one attached hydrogen (secondary N) is 1. The molecule has 0 bridgehead atoms. The molecule has 1 N–H and O–H groups in total. The van der Waals surface area contributed by atoms with Gasteiger partial charge in [-0.05, 0) is 24.7 Å². The van der Waals surface area contributed by atoms with Gasteiger partial charge >= 0.3 is 6.18 Å². The second kappa shape index (κ2) is 5.71. The molecule has 0 aliphatic heterocycles. The number of hydrogen-bond acceptors (Lipinski definition) is 3. The van der Waals surface area contributed by atoms with Crippen LogP contribution in [0.4, 0.5) is 13.2 Å². The van der Waals surface area contributed by atoms with E-state index in [1.165, 1.54) is 23.5 Å². The molecule has 1 atom stereocenters. The Bertz CT molecular complexity index is 506. The van der Waals surface area contributed by atoms with E-state index in [4.69, 9.17) is 0 Å². The van der Waals surface area contributed by atoms with Crippen LogP contribution in [0.2, 0.25) is 0 Å². The fourth-order valence-electron chi connectivity index (χ4n) is 1.82. The van der Waals surface area contributed by atoms with E-state index in [0.717, 1.165) is 22.7 Å². The molecular weight excluding hydrogens is 273 g/mol. The van der Waals surface area contributed by atoms with Gasteiger partial charge in [0.05, 0.1) is 10.6 Å². The van der Waals surface area contributed by atoms with E-state index >= 15 is 0 Å². The van der Waals surface area contributed by atoms with Crippen molar-refractivity contribution in [1.29, 1.82) is 0 Å². The zero-order valence-corrected chi connectivity index (χ0v) is 11.1. The first-order chi connectivity index (χ1) is 9.00. The maximum absolute atomic E-state index is 12.5. The Balaban J connectivity index is 2.15. The van der Waals surface area contributed by atoms with Gasteiger partial charge in [-0.2, -0.15) is 13.2 Å². The number of thiazole rings is 1. The van der Waals surface area contributed by atoms with Crippen LogP contribution >= 0.6 is 11.3 Å². The molecule has 0 amide bonds. The molecule has 0 spiro atoms. The summed E-state index contributed by atoms with van der Waals surface area (Å²) in [7, 11) is 1.79. The Morgan fingerprint density at radius 2 is 1.95 bits per heavy atom. The van der Waals surface area contributed by atoms with Gasteiger partial charge in [0.1, 0.15) is 0 Å². The number of benzene rings is 1. The number of alkyl halides is 3. The summed E-state index contributed by atoms with van der Waals surface area (Å²) in [5.41, 5.74) is 0.200. The first-order valence-electron chi connectivity index (χ1n) is 5.73. The van der Waals surface area contributed by atoms with Crippen LogP contribution in [0.5, 0.6) is 0 Å². The summed E-state index contributed by atoms with van der Waals surface area (Å²) in [5, 5.41) is 5.94. The zero-order valence-electron chi connectivity index (χ0n) is 10.2. The minimum absolute atomic E-state index is 0.0339. The highest BCUT2D eigenvalue weighted by atomic mass is 32.1. The lowest BCUT2D eigenvalue weighted by Crippen LogP contribution is -2.19. The van der Waals surface area contributed by atoms with Gasteiger partial charge in [0.25, 0.3) is 0 Å². The molecule has 102 valence electrons. The highest BCUT2D eigenvalue weighted by Gasteiger charge is 2.30. The topological polar surface area (TPSA) is 24.9 Å². The molecule has 0 fully saturated rings. The van der Waals surface area contributed by atoms with Crippen molar-refractivity contribution in [1.82, 2.24) is 10.3 Å². The third-order valence-corrected chi connectivity index (χ3v) is 3.65. The fraction of sp³-hybridized carbons (Fsp3) is 0.308. The Morgan fingerprint density at radius 1 is 1.26 bits per heavy atom. The van der Waals surface area contributed by atoms with Crippen LogP contribution in [0.3, 0.4) is 0 Å². The third-order valence-electron chi connectivity index (χ3n) is 2.85. The third kappa shape index (κ3) is 3.54. The maximum Gasteiger partial charge on any atom is 0.416 e. The lowest BCUT2D eigenvalue weighted by atomic mass is 10.0. The molecule has 0 saturated heterocycles. The van der Waals surface area contributed by atoms with E-state index in [0.29, 0.717) is 6.42 Å². The first-order valence-corrected chi connectivity index (χ1v) is 6.61. The highest BCUT2D eigenvalue weighted by molar-refractivity contribution is 7.09. The number of nitrogens with zero attached hydrogens (tertiary/aromatic N) is 1. The quantitative estimate of drug-likeness (QED) is 0.927. The summed E-state index contributed by atoms with van der Waals surface area (Å²) in [6, 6.07) is 5.21. The molecule has 2 nitrogen and oxygen atoms in total. The molecular formula is C13H13F3N2S. The molecule has 2 rings (SSSR count). The van der Waals surface area contributed by atoms with Crippen molar-refractivity contribution in [3.8, 4) is 0 Å². The van der Waals surface area contributed by atoms with Gasteiger partial charge in [0, 0.05) is 24.0 Å². The molecule has 1 aromatic heterocycles. The van der Waals surface area contributed by atoms with E-state index in [1.807, 2.05) is 5.38 Å². The molecule has 19 heavy (non-hydrogen) atoms. The van der Waals surface area contributed by atoms with Crippen molar-refractivity contribution in [2.45, 2.75) is 18.6 Å². The molecule has 0 aliphatic rings. The molecule has 1 aromatic carbocycles. The van der Waals surface area contributed by atoms with Crippen LogP contribution in [0, 0.1) is 0 Å². The van der Waals surface area contributed by atoms with Crippen LogP contribution in [-0.4, -0.2) is 12.0 Å². The maximum atomic E-state index is 12.5. The summed E-state index contributed by atoms with van der Waals surface area (Å²) in [5.74, 6) is 0. The Morgan fingerprint density at radius 3 is 2.42 bits per heavy atom.